The van der Waals surface area contributed by atoms with E-state index in [9.17, 15) is 0 Å². The van der Waals surface area contributed by atoms with E-state index in [1.807, 2.05) is 12.4 Å². The molecular formula is C28H30N6. The van der Waals surface area contributed by atoms with Crippen LogP contribution in [0.3, 0.4) is 0 Å². The number of para-hydroxylation sites is 2. The second-order valence-corrected chi connectivity index (χ2v) is 10.0. The van der Waals surface area contributed by atoms with Crippen LogP contribution < -0.4 is 14.7 Å². The number of fused-ring (bicyclic) bond motifs is 11. The van der Waals surface area contributed by atoms with Crippen molar-refractivity contribution >= 4 is 23.0 Å². The molecule has 5 heterocycles. The first kappa shape index (κ1) is 19.9. The molecule has 4 aliphatic rings. The largest absolute Gasteiger partial charge is 0.358 e. The lowest BCUT2D eigenvalue weighted by Crippen LogP contribution is -2.69. The van der Waals surface area contributed by atoms with Crippen LogP contribution in [0.5, 0.6) is 0 Å². The zero-order valence-corrected chi connectivity index (χ0v) is 20.2. The van der Waals surface area contributed by atoms with E-state index >= 15 is 0 Å². The summed E-state index contributed by atoms with van der Waals surface area (Å²) >= 11 is 0. The zero-order valence-electron chi connectivity index (χ0n) is 20.2. The lowest BCUT2D eigenvalue weighted by Gasteiger charge is -2.62. The number of benzene rings is 2. The molecule has 0 saturated heterocycles. The van der Waals surface area contributed by atoms with Gasteiger partial charge in [0, 0.05) is 55.7 Å². The molecule has 3 atom stereocenters. The van der Waals surface area contributed by atoms with E-state index in [1.54, 1.807) is 0 Å². The molecule has 3 aromatic rings. The third-order valence-electron chi connectivity index (χ3n) is 9.07. The zero-order chi connectivity index (χ0) is 23.2. The lowest BCUT2D eigenvalue weighted by molar-refractivity contribution is 0.0239. The van der Waals surface area contributed by atoms with Gasteiger partial charge in [0.15, 0.2) is 11.6 Å². The minimum atomic E-state index is -0.276. The minimum Gasteiger partial charge on any atom is -0.358 e. The lowest BCUT2D eigenvalue weighted by atomic mass is 9.50. The molecule has 2 aromatic carbocycles. The van der Waals surface area contributed by atoms with Gasteiger partial charge in [0.2, 0.25) is 0 Å². The summed E-state index contributed by atoms with van der Waals surface area (Å²) in [7, 11) is 4.44. The Labute approximate surface area is 201 Å². The van der Waals surface area contributed by atoms with Crippen LogP contribution in [0.15, 0.2) is 73.3 Å². The van der Waals surface area contributed by atoms with Gasteiger partial charge in [-0.3, -0.25) is 0 Å². The summed E-state index contributed by atoms with van der Waals surface area (Å²) in [6, 6.07) is 18.1. The summed E-state index contributed by atoms with van der Waals surface area (Å²) in [5.41, 5.74) is 5.01. The Hall–Kier alpha value is -3.54. The van der Waals surface area contributed by atoms with Crippen molar-refractivity contribution in [1.82, 2.24) is 14.9 Å². The Bertz CT molecular complexity index is 1330. The fraction of sp³-hybridized carbons (Fsp3) is 0.357. The highest BCUT2D eigenvalue weighted by Gasteiger charge is 2.72. The normalized spacial score (nSPS) is 27.1. The first-order valence-electron chi connectivity index (χ1n) is 12.3. The molecular weight excluding hydrogens is 420 g/mol. The van der Waals surface area contributed by atoms with Gasteiger partial charge in [-0.2, -0.15) is 0 Å². The van der Waals surface area contributed by atoms with E-state index in [2.05, 4.69) is 108 Å². The van der Waals surface area contributed by atoms with E-state index in [0.717, 1.165) is 24.5 Å². The number of rotatable bonds is 2. The van der Waals surface area contributed by atoms with Crippen molar-refractivity contribution in [2.75, 3.05) is 28.8 Å². The van der Waals surface area contributed by atoms with E-state index < -0.39 is 0 Å². The molecule has 34 heavy (non-hydrogen) atoms. The SMILES string of the molecule is CCC1(CC)C2N(C)C=CN2c2ccccc2[C@@]12c1ccccc1N1c3nccnc3N(C)C12. The number of nitrogens with zero attached hydrogens (tertiary/aromatic N) is 6. The Morgan fingerprint density at radius 3 is 2.09 bits per heavy atom. The second kappa shape index (κ2) is 6.53. The highest BCUT2D eigenvalue weighted by molar-refractivity contribution is 5.88. The second-order valence-electron chi connectivity index (χ2n) is 10.0. The fourth-order valence-electron chi connectivity index (χ4n) is 7.92. The van der Waals surface area contributed by atoms with Crippen molar-refractivity contribution < 1.29 is 0 Å². The van der Waals surface area contributed by atoms with Crippen molar-refractivity contribution in [3.05, 3.63) is 84.5 Å². The Morgan fingerprint density at radius 1 is 0.765 bits per heavy atom. The standard InChI is InChI=1S/C28H30N6/c1-5-27(6-2)25-31(3)17-18-33(25)21-13-9-7-11-19(21)28(27)20-12-8-10-14-22(20)34-24-23(29-15-16-30-24)32(4)26(28)34/h7-18,25-26H,5-6H2,1-4H3/t25?,26?,28-/m0/s1. The Morgan fingerprint density at radius 2 is 1.38 bits per heavy atom. The van der Waals surface area contributed by atoms with E-state index in [0.29, 0.717) is 0 Å². The van der Waals surface area contributed by atoms with Gasteiger partial charge in [-0.25, -0.2) is 9.97 Å². The van der Waals surface area contributed by atoms with Crippen molar-refractivity contribution in [3.8, 4) is 0 Å². The molecule has 1 aromatic heterocycles. The van der Waals surface area contributed by atoms with Gasteiger partial charge in [-0.1, -0.05) is 50.2 Å². The quantitative estimate of drug-likeness (QED) is 0.543. The summed E-state index contributed by atoms with van der Waals surface area (Å²) in [5.74, 6) is 1.92. The molecule has 172 valence electrons. The maximum atomic E-state index is 4.85. The molecule has 1 spiro atoms. The average Bonchev–Trinajstić information content (AvgIpc) is 3.52. The predicted molar refractivity (Wildman–Crippen MR) is 136 cm³/mol. The van der Waals surface area contributed by atoms with Crippen LogP contribution in [0, 0.1) is 5.41 Å². The number of hydrogen-bond acceptors (Lipinski definition) is 6. The van der Waals surface area contributed by atoms with Gasteiger partial charge in [0.1, 0.15) is 12.3 Å². The van der Waals surface area contributed by atoms with Gasteiger partial charge < -0.3 is 19.6 Å². The Balaban J connectivity index is 1.65. The van der Waals surface area contributed by atoms with Gasteiger partial charge >= 0.3 is 0 Å². The highest BCUT2D eigenvalue weighted by Crippen LogP contribution is 2.70. The van der Waals surface area contributed by atoms with Gasteiger partial charge in [-0.05, 0) is 36.1 Å². The third-order valence-corrected chi connectivity index (χ3v) is 9.07. The molecule has 7 rings (SSSR count). The molecule has 0 radical (unpaired) electrons. The van der Waals surface area contributed by atoms with Crippen LogP contribution in [0.2, 0.25) is 0 Å². The van der Waals surface area contributed by atoms with Crippen LogP contribution in [0.25, 0.3) is 0 Å². The summed E-state index contributed by atoms with van der Waals surface area (Å²) in [4.78, 5) is 19.4. The molecule has 0 bridgehead atoms. The van der Waals surface area contributed by atoms with E-state index in [4.69, 9.17) is 9.97 Å². The van der Waals surface area contributed by atoms with Crippen LogP contribution >= 0.6 is 0 Å². The maximum absolute atomic E-state index is 4.85. The topological polar surface area (TPSA) is 38.7 Å². The summed E-state index contributed by atoms with van der Waals surface area (Å²) in [5, 5.41) is 0. The fourth-order valence-corrected chi connectivity index (χ4v) is 7.92. The summed E-state index contributed by atoms with van der Waals surface area (Å²) in [6.45, 7) is 4.76. The van der Waals surface area contributed by atoms with Crippen molar-refractivity contribution in [2.45, 2.75) is 44.4 Å². The summed E-state index contributed by atoms with van der Waals surface area (Å²) < 4.78 is 0. The van der Waals surface area contributed by atoms with Gasteiger partial charge in [-0.15, -0.1) is 0 Å². The number of likely N-dealkylation sites (N-methyl/N-ethyl adjacent to an activating group) is 1. The van der Waals surface area contributed by atoms with Gasteiger partial charge in [0.05, 0.1) is 5.41 Å². The number of aromatic nitrogens is 2. The van der Waals surface area contributed by atoms with Crippen LogP contribution in [0.1, 0.15) is 37.8 Å². The van der Waals surface area contributed by atoms with Crippen LogP contribution in [-0.4, -0.2) is 41.3 Å². The maximum Gasteiger partial charge on any atom is 0.178 e. The molecule has 4 aliphatic heterocycles. The van der Waals surface area contributed by atoms with Gasteiger partial charge in [0.25, 0.3) is 0 Å². The molecule has 2 unspecified atom stereocenters. The molecule has 0 fully saturated rings. The number of anilines is 4. The molecule has 0 amide bonds. The molecule has 0 aliphatic carbocycles. The molecule has 6 heteroatoms. The first-order chi connectivity index (χ1) is 16.6. The highest BCUT2D eigenvalue weighted by atomic mass is 15.5. The van der Waals surface area contributed by atoms with Crippen molar-refractivity contribution in [3.63, 3.8) is 0 Å². The summed E-state index contributed by atoms with van der Waals surface area (Å²) in [6.07, 6.45) is 10.5. The number of hydrogen-bond donors (Lipinski definition) is 0. The molecule has 6 nitrogen and oxygen atoms in total. The smallest absolute Gasteiger partial charge is 0.178 e. The van der Waals surface area contributed by atoms with Crippen LogP contribution in [-0.2, 0) is 5.41 Å². The average molecular weight is 451 g/mol. The third kappa shape index (κ3) is 1.93. The van der Waals surface area contributed by atoms with Crippen molar-refractivity contribution in [1.29, 1.82) is 0 Å². The van der Waals surface area contributed by atoms with E-state index in [1.165, 1.54) is 22.5 Å². The first-order valence-corrected chi connectivity index (χ1v) is 12.3. The monoisotopic (exact) mass is 450 g/mol. The Kier molecular flexibility index (Phi) is 3.82. The molecule has 0 saturated carbocycles. The van der Waals surface area contributed by atoms with E-state index in [-0.39, 0.29) is 23.2 Å². The predicted octanol–water partition coefficient (Wildman–Crippen LogP) is 5.06. The molecule has 0 N–H and O–H groups in total. The van der Waals surface area contributed by atoms with Crippen LogP contribution in [0.4, 0.5) is 23.0 Å². The minimum absolute atomic E-state index is 0.0551. The van der Waals surface area contributed by atoms with Crippen molar-refractivity contribution in [2.24, 2.45) is 5.41 Å².